The van der Waals surface area contributed by atoms with Gasteiger partial charge in [0.15, 0.2) is 22.5 Å². The van der Waals surface area contributed by atoms with E-state index in [1.165, 1.54) is 16.3 Å². The van der Waals surface area contributed by atoms with Gasteiger partial charge in [-0.15, -0.1) is 0 Å². The van der Waals surface area contributed by atoms with Crippen LogP contribution >= 0.6 is 11.8 Å². The molecule has 0 amide bonds. The first-order chi connectivity index (χ1) is 14.0. The zero-order valence-electron chi connectivity index (χ0n) is 15.3. The van der Waals surface area contributed by atoms with Crippen molar-refractivity contribution in [1.29, 1.82) is 0 Å². The van der Waals surface area contributed by atoms with Crippen molar-refractivity contribution >= 4 is 28.9 Å². The van der Waals surface area contributed by atoms with Crippen LogP contribution in [0.4, 0.5) is 5.95 Å². The second kappa shape index (κ2) is 8.13. The second-order valence-electron chi connectivity index (χ2n) is 6.70. The Morgan fingerprint density at radius 3 is 2.66 bits per heavy atom. The molecule has 3 aromatic rings. The van der Waals surface area contributed by atoms with Crippen LogP contribution in [0.3, 0.4) is 0 Å². The Kier molecular flexibility index (Phi) is 5.56. The van der Waals surface area contributed by atoms with E-state index in [0.29, 0.717) is 10.9 Å². The van der Waals surface area contributed by atoms with E-state index >= 15 is 0 Å². The molecule has 3 heterocycles. The molecule has 0 unspecified atom stereocenters. The van der Waals surface area contributed by atoms with Crippen LogP contribution in [0.5, 0.6) is 0 Å². The SMILES string of the molecule is Nc1nc2c(nc(SCCc3ccccc3)n2[C@@H]2O[C@H](CO)[C@@H](O)[C@H]2O)c(=O)[nH]1. The van der Waals surface area contributed by atoms with Crippen molar-refractivity contribution in [3.05, 3.63) is 46.2 Å². The summed E-state index contributed by atoms with van der Waals surface area (Å²) < 4.78 is 7.10. The molecule has 0 radical (unpaired) electrons. The molecule has 154 valence electrons. The summed E-state index contributed by atoms with van der Waals surface area (Å²) in [5.74, 6) is 0.548. The summed E-state index contributed by atoms with van der Waals surface area (Å²) in [4.78, 5) is 23.2. The Morgan fingerprint density at radius 1 is 1.21 bits per heavy atom. The number of nitrogens with zero attached hydrogens (tertiary/aromatic N) is 3. The third-order valence-corrected chi connectivity index (χ3v) is 5.73. The lowest BCUT2D eigenvalue weighted by Gasteiger charge is -2.19. The third-order valence-electron chi connectivity index (χ3n) is 4.77. The van der Waals surface area contributed by atoms with Crippen LogP contribution < -0.4 is 11.3 Å². The lowest BCUT2D eigenvalue weighted by Crippen LogP contribution is -2.33. The number of nitrogen functional groups attached to an aromatic ring is 1. The molecule has 10 nitrogen and oxygen atoms in total. The number of nitrogens with one attached hydrogen (secondary N) is 1. The summed E-state index contributed by atoms with van der Waals surface area (Å²) >= 11 is 1.36. The van der Waals surface area contributed by atoms with Gasteiger partial charge in [-0.1, -0.05) is 42.1 Å². The van der Waals surface area contributed by atoms with Gasteiger partial charge in [0, 0.05) is 5.75 Å². The number of hydrogen-bond acceptors (Lipinski definition) is 9. The molecule has 0 bridgehead atoms. The summed E-state index contributed by atoms with van der Waals surface area (Å²) in [5, 5.41) is 30.4. The molecule has 0 spiro atoms. The number of ether oxygens (including phenoxy) is 1. The number of fused-ring (bicyclic) bond motifs is 1. The van der Waals surface area contributed by atoms with Crippen molar-refractivity contribution in [2.24, 2.45) is 0 Å². The van der Waals surface area contributed by atoms with Gasteiger partial charge in [-0.25, -0.2) is 4.98 Å². The fraction of sp³-hybridized carbons (Fsp3) is 0.389. The van der Waals surface area contributed by atoms with Gasteiger partial charge in [-0.05, 0) is 12.0 Å². The minimum absolute atomic E-state index is 0.0548. The smallest absolute Gasteiger partial charge is 0.280 e. The number of aliphatic hydroxyl groups excluding tert-OH is 3. The maximum absolute atomic E-state index is 12.3. The summed E-state index contributed by atoms with van der Waals surface area (Å²) in [7, 11) is 0. The number of H-pyrrole nitrogens is 1. The van der Waals surface area contributed by atoms with Crippen LogP contribution in [0.2, 0.25) is 0 Å². The predicted molar refractivity (Wildman–Crippen MR) is 106 cm³/mol. The van der Waals surface area contributed by atoms with Crippen molar-refractivity contribution in [2.45, 2.75) is 36.1 Å². The van der Waals surface area contributed by atoms with E-state index in [4.69, 9.17) is 10.5 Å². The molecule has 4 atom stereocenters. The summed E-state index contributed by atoms with van der Waals surface area (Å²) in [5.41, 5.74) is 6.52. The molecule has 1 aliphatic heterocycles. The van der Waals surface area contributed by atoms with Crippen LogP contribution in [0.15, 0.2) is 40.3 Å². The molecular formula is C18H21N5O5S. The fourth-order valence-electron chi connectivity index (χ4n) is 3.31. The zero-order chi connectivity index (χ0) is 20.5. The lowest BCUT2D eigenvalue weighted by atomic mass is 10.1. The number of rotatable bonds is 6. The van der Waals surface area contributed by atoms with E-state index in [2.05, 4.69) is 15.0 Å². The number of aromatic nitrogens is 4. The minimum Gasteiger partial charge on any atom is -0.394 e. The number of aromatic amines is 1. The van der Waals surface area contributed by atoms with E-state index in [-0.39, 0.29) is 17.1 Å². The summed E-state index contributed by atoms with van der Waals surface area (Å²) in [6, 6.07) is 9.90. The summed E-state index contributed by atoms with van der Waals surface area (Å²) in [6.45, 7) is -0.464. The average Bonchev–Trinajstić information content (AvgIpc) is 3.20. The molecule has 2 aromatic heterocycles. The van der Waals surface area contributed by atoms with Gasteiger partial charge in [-0.2, -0.15) is 4.98 Å². The Morgan fingerprint density at radius 2 is 1.97 bits per heavy atom. The molecule has 4 rings (SSSR count). The number of thioether (sulfide) groups is 1. The maximum atomic E-state index is 12.3. The summed E-state index contributed by atoms with van der Waals surface area (Å²) in [6.07, 6.45) is -3.89. The highest BCUT2D eigenvalue weighted by Crippen LogP contribution is 2.35. The lowest BCUT2D eigenvalue weighted by molar-refractivity contribution is -0.0548. The van der Waals surface area contributed by atoms with Crippen molar-refractivity contribution in [2.75, 3.05) is 18.1 Å². The van der Waals surface area contributed by atoms with Crippen molar-refractivity contribution in [1.82, 2.24) is 19.5 Å². The first kappa shape index (κ1) is 19.9. The molecule has 1 saturated heterocycles. The number of aliphatic hydroxyl groups is 3. The van der Waals surface area contributed by atoms with E-state index in [9.17, 15) is 20.1 Å². The van der Waals surface area contributed by atoms with Gasteiger partial charge in [0.25, 0.3) is 5.56 Å². The normalized spacial score (nSPS) is 24.4. The zero-order valence-corrected chi connectivity index (χ0v) is 16.1. The van der Waals surface area contributed by atoms with Crippen LogP contribution in [0.25, 0.3) is 11.2 Å². The highest BCUT2D eigenvalue weighted by Gasteiger charge is 2.45. The molecule has 1 fully saturated rings. The van der Waals surface area contributed by atoms with Crippen molar-refractivity contribution in [3.63, 3.8) is 0 Å². The fourth-order valence-corrected chi connectivity index (χ4v) is 4.32. The van der Waals surface area contributed by atoms with E-state index in [1.54, 1.807) is 0 Å². The third kappa shape index (κ3) is 3.74. The molecule has 29 heavy (non-hydrogen) atoms. The first-order valence-corrected chi connectivity index (χ1v) is 10.0. The Hall–Kier alpha value is -2.44. The average molecular weight is 419 g/mol. The second-order valence-corrected chi connectivity index (χ2v) is 7.76. The predicted octanol–water partition coefficient (Wildman–Crippen LogP) is -0.352. The monoisotopic (exact) mass is 419 g/mol. The van der Waals surface area contributed by atoms with Gasteiger partial charge in [-0.3, -0.25) is 14.3 Å². The highest BCUT2D eigenvalue weighted by atomic mass is 32.2. The number of hydrogen-bond donors (Lipinski definition) is 5. The quantitative estimate of drug-likeness (QED) is 0.336. The maximum Gasteiger partial charge on any atom is 0.280 e. The number of aryl methyl sites for hydroxylation is 1. The number of anilines is 1. The molecule has 1 aromatic carbocycles. The number of nitrogens with two attached hydrogens (primary N) is 1. The molecule has 0 saturated carbocycles. The number of benzene rings is 1. The Labute approximate surface area is 169 Å². The Bertz CT molecular complexity index is 1060. The van der Waals surface area contributed by atoms with Crippen molar-refractivity contribution in [3.8, 4) is 0 Å². The Balaban J connectivity index is 1.70. The number of imidazole rings is 1. The van der Waals surface area contributed by atoms with E-state index in [1.807, 2.05) is 30.3 Å². The van der Waals surface area contributed by atoms with Crippen LogP contribution in [-0.4, -0.2) is 65.5 Å². The molecule has 1 aliphatic rings. The molecule has 0 aliphatic carbocycles. The minimum atomic E-state index is -1.33. The van der Waals surface area contributed by atoms with E-state index in [0.717, 1.165) is 12.0 Å². The standard InChI is InChI=1S/C18H21N5O5S/c19-17-21-14-11(15(27)22-17)20-18(29-7-6-9-4-2-1-3-5-9)23(14)16-13(26)12(25)10(8-24)28-16/h1-5,10,12-13,16,24-26H,6-8H2,(H3,19,21,22,27)/t10-,12-,13-,16-/m1/s1. The van der Waals surface area contributed by atoms with Gasteiger partial charge < -0.3 is 25.8 Å². The molecule has 11 heteroatoms. The van der Waals surface area contributed by atoms with E-state index < -0.39 is 36.7 Å². The first-order valence-electron chi connectivity index (χ1n) is 9.06. The molecule has 6 N–H and O–H groups in total. The molecular weight excluding hydrogens is 398 g/mol. The van der Waals surface area contributed by atoms with Crippen LogP contribution in [0.1, 0.15) is 11.8 Å². The van der Waals surface area contributed by atoms with Crippen LogP contribution in [-0.2, 0) is 11.2 Å². The van der Waals surface area contributed by atoms with Crippen LogP contribution in [0, 0.1) is 0 Å². The highest BCUT2D eigenvalue weighted by molar-refractivity contribution is 7.99. The van der Waals surface area contributed by atoms with Gasteiger partial charge in [0.05, 0.1) is 6.61 Å². The van der Waals surface area contributed by atoms with Gasteiger partial charge in [0.2, 0.25) is 5.95 Å². The largest absolute Gasteiger partial charge is 0.394 e. The van der Waals surface area contributed by atoms with Gasteiger partial charge >= 0.3 is 0 Å². The van der Waals surface area contributed by atoms with Gasteiger partial charge in [0.1, 0.15) is 18.3 Å². The van der Waals surface area contributed by atoms with Crippen molar-refractivity contribution < 1.29 is 20.1 Å². The topological polar surface area (TPSA) is 160 Å².